The van der Waals surface area contributed by atoms with Gasteiger partial charge in [-0.15, -0.1) is 11.8 Å². The van der Waals surface area contributed by atoms with Crippen LogP contribution >= 0.6 is 11.8 Å². The van der Waals surface area contributed by atoms with Crippen molar-refractivity contribution in [1.29, 1.82) is 0 Å². The predicted molar refractivity (Wildman–Crippen MR) is 103 cm³/mol. The number of alkyl halides is 2. The fourth-order valence-electron chi connectivity index (χ4n) is 2.20. The molecule has 0 aliphatic heterocycles. The number of ether oxygens (including phenoxy) is 2. The van der Waals surface area contributed by atoms with Crippen LogP contribution in [0.1, 0.15) is 5.56 Å². The number of thioether (sulfide) groups is 1. The molecule has 0 fully saturated rings. The van der Waals surface area contributed by atoms with Gasteiger partial charge in [-0.1, -0.05) is 12.1 Å². The summed E-state index contributed by atoms with van der Waals surface area (Å²) in [4.78, 5) is 22.1. The summed E-state index contributed by atoms with van der Waals surface area (Å²) in [6, 6.07) is 8.74. The smallest absolute Gasteiger partial charge is 0.387 e. The lowest BCUT2D eigenvalue weighted by molar-refractivity contribution is -0.387. The standard InChI is InChI=1S/C17H16F2N2O7S2/c1-29-15-7-6-13(8-14(15)21(23)24)30(25,26)20-9-16(22)27-10-11-2-4-12(5-3-11)28-17(18)19/h2-8,17,20H,9-10H2,1H3. The van der Waals surface area contributed by atoms with E-state index in [9.17, 15) is 32.1 Å². The molecule has 0 aromatic heterocycles. The largest absolute Gasteiger partial charge is 0.460 e. The highest BCUT2D eigenvalue weighted by molar-refractivity contribution is 7.98. The van der Waals surface area contributed by atoms with Crippen molar-refractivity contribution in [3.05, 3.63) is 58.1 Å². The average molecular weight is 462 g/mol. The molecule has 0 bridgehead atoms. The Morgan fingerprint density at radius 1 is 1.23 bits per heavy atom. The van der Waals surface area contributed by atoms with Crippen LogP contribution in [0.5, 0.6) is 5.75 Å². The van der Waals surface area contributed by atoms with E-state index in [-0.39, 0.29) is 22.9 Å². The second-order valence-electron chi connectivity index (χ2n) is 5.60. The third kappa shape index (κ3) is 6.64. The highest BCUT2D eigenvalue weighted by atomic mass is 32.2. The molecule has 162 valence electrons. The lowest BCUT2D eigenvalue weighted by Crippen LogP contribution is -2.30. The fourth-order valence-corrected chi connectivity index (χ4v) is 3.73. The van der Waals surface area contributed by atoms with Crippen molar-refractivity contribution in [2.75, 3.05) is 12.8 Å². The van der Waals surface area contributed by atoms with Crippen molar-refractivity contribution < 1.29 is 36.4 Å². The Bertz CT molecular complexity index is 1020. The fraction of sp³-hybridized carbons (Fsp3) is 0.235. The van der Waals surface area contributed by atoms with E-state index < -0.39 is 34.1 Å². The van der Waals surface area contributed by atoms with Crippen LogP contribution in [0.2, 0.25) is 0 Å². The summed E-state index contributed by atoms with van der Waals surface area (Å²) < 4.78 is 59.9. The van der Waals surface area contributed by atoms with E-state index in [0.717, 1.165) is 17.8 Å². The third-order valence-corrected chi connectivity index (χ3v) is 5.80. The predicted octanol–water partition coefficient (Wildman–Crippen LogP) is 2.94. The first-order valence-corrected chi connectivity index (χ1v) is 10.8. The van der Waals surface area contributed by atoms with Crippen LogP contribution in [0.4, 0.5) is 14.5 Å². The molecule has 0 unspecified atom stereocenters. The number of nitro benzene ring substituents is 1. The topological polar surface area (TPSA) is 125 Å². The lowest BCUT2D eigenvalue weighted by Gasteiger charge is -2.09. The maximum Gasteiger partial charge on any atom is 0.387 e. The zero-order valence-corrected chi connectivity index (χ0v) is 17.0. The number of hydrogen-bond donors (Lipinski definition) is 1. The Hall–Kier alpha value is -2.77. The zero-order chi connectivity index (χ0) is 22.3. The quantitative estimate of drug-likeness (QED) is 0.247. The first kappa shape index (κ1) is 23.5. The number of rotatable bonds is 10. The van der Waals surface area contributed by atoms with Gasteiger partial charge in [0.15, 0.2) is 0 Å². The normalized spacial score (nSPS) is 11.3. The van der Waals surface area contributed by atoms with Gasteiger partial charge in [0, 0.05) is 6.07 Å². The van der Waals surface area contributed by atoms with Gasteiger partial charge in [0.1, 0.15) is 18.9 Å². The summed E-state index contributed by atoms with van der Waals surface area (Å²) in [5, 5.41) is 11.1. The molecule has 0 atom stereocenters. The molecule has 0 aliphatic carbocycles. The van der Waals surface area contributed by atoms with Crippen molar-refractivity contribution in [2.24, 2.45) is 0 Å². The number of nitrogens with zero attached hydrogens (tertiary/aromatic N) is 1. The SMILES string of the molecule is CSc1ccc(S(=O)(=O)NCC(=O)OCc2ccc(OC(F)F)cc2)cc1[N+](=O)[O-]. The Morgan fingerprint density at radius 2 is 1.90 bits per heavy atom. The van der Waals surface area contributed by atoms with Gasteiger partial charge in [0.2, 0.25) is 10.0 Å². The van der Waals surface area contributed by atoms with Crippen LogP contribution in [0, 0.1) is 10.1 Å². The molecular weight excluding hydrogens is 446 g/mol. The van der Waals surface area contributed by atoms with E-state index in [1.165, 1.54) is 36.4 Å². The lowest BCUT2D eigenvalue weighted by atomic mass is 10.2. The molecule has 0 heterocycles. The summed E-state index contributed by atoms with van der Waals surface area (Å²) in [7, 11) is -4.19. The molecular formula is C17H16F2N2O7S2. The van der Waals surface area contributed by atoms with Gasteiger partial charge in [0.05, 0.1) is 14.7 Å². The molecule has 0 aliphatic rings. The Morgan fingerprint density at radius 3 is 2.47 bits per heavy atom. The molecule has 0 saturated carbocycles. The monoisotopic (exact) mass is 462 g/mol. The van der Waals surface area contributed by atoms with Gasteiger partial charge >= 0.3 is 12.6 Å². The molecule has 2 rings (SSSR count). The van der Waals surface area contributed by atoms with Crippen LogP contribution in [-0.4, -0.2) is 38.7 Å². The second-order valence-corrected chi connectivity index (χ2v) is 8.21. The first-order chi connectivity index (χ1) is 14.1. The number of sulfonamides is 1. The Kier molecular flexibility index (Phi) is 8.08. The molecule has 0 radical (unpaired) electrons. The number of nitrogens with one attached hydrogen (secondary N) is 1. The van der Waals surface area contributed by atoms with E-state index in [1.54, 1.807) is 6.26 Å². The van der Waals surface area contributed by atoms with Crippen molar-refractivity contribution in [1.82, 2.24) is 4.72 Å². The molecule has 9 nitrogen and oxygen atoms in total. The number of carbonyl (C=O) groups excluding carboxylic acids is 1. The summed E-state index contributed by atoms with van der Waals surface area (Å²) in [6.07, 6.45) is 1.62. The maximum atomic E-state index is 12.3. The van der Waals surface area contributed by atoms with Crippen LogP contribution in [0.25, 0.3) is 0 Å². The highest BCUT2D eigenvalue weighted by Crippen LogP contribution is 2.29. The van der Waals surface area contributed by atoms with Crippen LogP contribution in [0.3, 0.4) is 0 Å². The summed E-state index contributed by atoms with van der Waals surface area (Å²) in [5.74, 6) is -0.962. The van der Waals surface area contributed by atoms with Crippen molar-refractivity contribution in [2.45, 2.75) is 23.0 Å². The number of benzene rings is 2. The molecule has 2 aromatic carbocycles. The average Bonchev–Trinajstić information content (AvgIpc) is 2.70. The van der Waals surface area contributed by atoms with E-state index in [2.05, 4.69) is 4.74 Å². The first-order valence-electron chi connectivity index (χ1n) is 8.14. The number of halogens is 2. The molecule has 13 heteroatoms. The van der Waals surface area contributed by atoms with Crippen LogP contribution in [0.15, 0.2) is 52.3 Å². The van der Waals surface area contributed by atoms with E-state index in [0.29, 0.717) is 10.5 Å². The summed E-state index contributed by atoms with van der Waals surface area (Å²) in [5.41, 5.74) is 0.100. The summed E-state index contributed by atoms with van der Waals surface area (Å²) in [6.45, 7) is -3.88. The molecule has 0 spiro atoms. The number of nitro groups is 1. The van der Waals surface area contributed by atoms with Gasteiger partial charge in [-0.2, -0.15) is 13.5 Å². The van der Waals surface area contributed by atoms with E-state index >= 15 is 0 Å². The number of esters is 1. The van der Waals surface area contributed by atoms with E-state index in [1.807, 2.05) is 4.72 Å². The molecule has 2 aromatic rings. The Balaban J connectivity index is 1.93. The summed E-state index contributed by atoms with van der Waals surface area (Å²) >= 11 is 1.09. The van der Waals surface area contributed by atoms with Gasteiger partial charge in [-0.3, -0.25) is 14.9 Å². The Labute approximate surface area is 174 Å². The second kappa shape index (κ2) is 10.3. The zero-order valence-electron chi connectivity index (χ0n) is 15.4. The van der Waals surface area contributed by atoms with Gasteiger partial charge < -0.3 is 9.47 Å². The minimum Gasteiger partial charge on any atom is -0.460 e. The molecule has 1 N–H and O–H groups in total. The maximum absolute atomic E-state index is 12.3. The van der Waals surface area contributed by atoms with Gasteiger partial charge in [-0.05, 0) is 36.1 Å². The van der Waals surface area contributed by atoms with Crippen molar-refractivity contribution in [3.8, 4) is 5.75 Å². The van der Waals surface area contributed by atoms with E-state index in [4.69, 9.17) is 4.74 Å². The van der Waals surface area contributed by atoms with Gasteiger partial charge in [-0.25, -0.2) is 8.42 Å². The van der Waals surface area contributed by atoms with Gasteiger partial charge in [0.25, 0.3) is 5.69 Å². The molecule has 0 saturated heterocycles. The van der Waals surface area contributed by atoms with Crippen LogP contribution < -0.4 is 9.46 Å². The number of hydrogen-bond acceptors (Lipinski definition) is 8. The van der Waals surface area contributed by atoms with Crippen molar-refractivity contribution in [3.63, 3.8) is 0 Å². The molecule has 0 amide bonds. The minimum atomic E-state index is -4.19. The molecule has 30 heavy (non-hydrogen) atoms. The van der Waals surface area contributed by atoms with Crippen molar-refractivity contribution >= 4 is 33.4 Å². The number of carbonyl (C=O) groups is 1. The minimum absolute atomic E-state index is 0.0607. The van der Waals surface area contributed by atoms with Crippen LogP contribution in [-0.2, 0) is 26.2 Å². The third-order valence-electron chi connectivity index (χ3n) is 3.61. The highest BCUT2D eigenvalue weighted by Gasteiger charge is 2.22.